The molecule has 1 saturated heterocycles. The van der Waals surface area contributed by atoms with Gasteiger partial charge in [0.25, 0.3) is 0 Å². The molecule has 3 rings (SSSR count). The van der Waals surface area contributed by atoms with E-state index in [-0.39, 0.29) is 11.8 Å². The van der Waals surface area contributed by atoms with Gasteiger partial charge in [-0.05, 0) is 48.7 Å². The second-order valence-corrected chi connectivity index (χ2v) is 6.13. The number of urea groups is 1. The van der Waals surface area contributed by atoms with E-state index in [1.807, 2.05) is 12.1 Å². The maximum atomic E-state index is 12.8. The molecule has 6 nitrogen and oxygen atoms in total. The molecule has 0 radical (unpaired) electrons. The lowest BCUT2D eigenvalue weighted by Gasteiger charge is -2.16. The van der Waals surface area contributed by atoms with Crippen molar-refractivity contribution in [2.45, 2.75) is 19.4 Å². The van der Waals surface area contributed by atoms with E-state index in [1.54, 1.807) is 18.3 Å². The Bertz CT molecular complexity index is 700. The van der Waals surface area contributed by atoms with Crippen LogP contribution in [0.4, 0.5) is 15.0 Å². The maximum absolute atomic E-state index is 12.8. The molecule has 138 valence electrons. The SMILES string of the molecule is O=C(NCCOc1ccc(F)cc1)NCc1ccc(N2CCCC2)nc1. The fraction of sp³-hybridized carbons (Fsp3) is 0.368. The van der Waals surface area contributed by atoms with Crippen LogP contribution in [0, 0.1) is 5.82 Å². The molecule has 26 heavy (non-hydrogen) atoms. The first-order chi connectivity index (χ1) is 12.7. The molecular weight excluding hydrogens is 335 g/mol. The molecule has 2 amide bonds. The van der Waals surface area contributed by atoms with Crippen LogP contribution in [-0.2, 0) is 6.54 Å². The van der Waals surface area contributed by atoms with E-state index in [2.05, 4.69) is 20.5 Å². The topological polar surface area (TPSA) is 66.5 Å². The van der Waals surface area contributed by atoms with Crippen LogP contribution in [0.5, 0.6) is 5.75 Å². The summed E-state index contributed by atoms with van der Waals surface area (Å²) in [4.78, 5) is 18.5. The number of rotatable bonds is 7. The normalized spacial score (nSPS) is 13.5. The van der Waals surface area contributed by atoms with Crippen molar-refractivity contribution in [3.05, 3.63) is 54.0 Å². The van der Waals surface area contributed by atoms with Crippen molar-refractivity contribution in [1.82, 2.24) is 15.6 Å². The summed E-state index contributed by atoms with van der Waals surface area (Å²) in [6.07, 6.45) is 4.23. The van der Waals surface area contributed by atoms with Gasteiger partial charge in [-0.3, -0.25) is 0 Å². The standard InChI is InChI=1S/C19H23FN4O2/c20-16-4-6-17(7-5-16)26-12-9-21-19(25)23-14-15-3-8-18(22-13-15)24-10-1-2-11-24/h3-8,13H,1-2,9-12,14H2,(H2,21,23,25). The van der Waals surface area contributed by atoms with Gasteiger partial charge >= 0.3 is 6.03 Å². The van der Waals surface area contributed by atoms with Crippen molar-refractivity contribution >= 4 is 11.8 Å². The van der Waals surface area contributed by atoms with E-state index in [0.717, 1.165) is 24.5 Å². The van der Waals surface area contributed by atoms with E-state index in [0.29, 0.717) is 25.4 Å². The lowest BCUT2D eigenvalue weighted by molar-refractivity contribution is 0.236. The lowest BCUT2D eigenvalue weighted by atomic mass is 10.3. The first-order valence-electron chi connectivity index (χ1n) is 8.81. The van der Waals surface area contributed by atoms with Crippen LogP contribution >= 0.6 is 0 Å². The predicted molar refractivity (Wildman–Crippen MR) is 97.8 cm³/mol. The van der Waals surface area contributed by atoms with Crippen LogP contribution in [0.1, 0.15) is 18.4 Å². The average molecular weight is 358 g/mol. The fourth-order valence-corrected chi connectivity index (χ4v) is 2.76. The third-order valence-corrected chi connectivity index (χ3v) is 4.16. The summed E-state index contributed by atoms with van der Waals surface area (Å²) in [5, 5.41) is 5.50. The van der Waals surface area contributed by atoms with Crippen molar-refractivity contribution in [3.8, 4) is 5.75 Å². The molecule has 1 aromatic carbocycles. The molecule has 0 bridgehead atoms. The average Bonchev–Trinajstić information content (AvgIpc) is 3.20. The Hall–Kier alpha value is -2.83. The summed E-state index contributed by atoms with van der Waals surface area (Å²) in [5.74, 6) is 1.25. The molecule has 0 atom stereocenters. The summed E-state index contributed by atoms with van der Waals surface area (Å²) in [7, 11) is 0. The number of aromatic nitrogens is 1. The molecule has 2 aromatic rings. The number of halogens is 1. The third kappa shape index (κ3) is 5.34. The summed E-state index contributed by atoms with van der Waals surface area (Å²) in [6.45, 7) is 3.21. The number of nitrogens with one attached hydrogen (secondary N) is 2. The molecule has 0 saturated carbocycles. The highest BCUT2D eigenvalue weighted by molar-refractivity contribution is 5.73. The zero-order chi connectivity index (χ0) is 18.2. The van der Waals surface area contributed by atoms with Crippen molar-refractivity contribution in [1.29, 1.82) is 0 Å². The second-order valence-electron chi connectivity index (χ2n) is 6.13. The molecule has 1 aromatic heterocycles. The van der Waals surface area contributed by atoms with Crippen LogP contribution in [0.3, 0.4) is 0 Å². The number of ether oxygens (including phenoxy) is 1. The second kappa shape index (κ2) is 9.03. The van der Waals surface area contributed by atoms with E-state index < -0.39 is 0 Å². The maximum Gasteiger partial charge on any atom is 0.315 e. The highest BCUT2D eigenvalue weighted by Gasteiger charge is 2.13. The van der Waals surface area contributed by atoms with Gasteiger partial charge in [0.05, 0.1) is 6.54 Å². The van der Waals surface area contributed by atoms with Gasteiger partial charge in [0.1, 0.15) is 24.0 Å². The molecule has 1 aliphatic rings. The highest BCUT2D eigenvalue weighted by Crippen LogP contribution is 2.17. The fourth-order valence-electron chi connectivity index (χ4n) is 2.76. The molecule has 7 heteroatoms. The minimum atomic E-state index is -0.308. The molecule has 0 aliphatic carbocycles. The largest absolute Gasteiger partial charge is 0.492 e. The number of pyridine rings is 1. The number of carbonyl (C=O) groups is 1. The number of amides is 2. The third-order valence-electron chi connectivity index (χ3n) is 4.16. The van der Waals surface area contributed by atoms with Gasteiger partial charge in [-0.2, -0.15) is 0 Å². The highest BCUT2D eigenvalue weighted by atomic mass is 19.1. The van der Waals surface area contributed by atoms with Crippen molar-refractivity contribution in [2.24, 2.45) is 0 Å². The Morgan fingerprint density at radius 2 is 1.88 bits per heavy atom. The zero-order valence-electron chi connectivity index (χ0n) is 14.6. The summed E-state index contributed by atoms with van der Waals surface area (Å²) in [5.41, 5.74) is 0.950. The first kappa shape index (κ1) is 18.0. The molecule has 0 unspecified atom stereocenters. The van der Waals surface area contributed by atoms with Crippen LogP contribution in [0.25, 0.3) is 0 Å². The summed E-state index contributed by atoms with van der Waals surface area (Å²) >= 11 is 0. The Morgan fingerprint density at radius 3 is 2.58 bits per heavy atom. The Balaban J connectivity index is 1.32. The van der Waals surface area contributed by atoms with Gasteiger partial charge in [-0.25, -0.2) is 14.2 Å². The number of carbonyl (C=O) groups excluding carboxylic acids is 1. The van der Waals surface area contributed by atoms with Crippen LogP contribution in [0.15, 0.2) is 42.6 Å². The number of hydrogen-bond acceptors (Lipinski definition) is 4. The number of nitrogens with zero attached hydrogens (tertiary/aromatic N) is 2. The molecule has 2 N–H and O–H groups in total. The Kier molecular flexibility index (Phi) is 6.24. The monoisotopic (exact) mass is 358 g/mol. The van der Waals surface area contributed by atoms with E-state index in [9.17, 15) is 9.18 Å². The van der Waals surface area contributed by atoms with Crippen molar-refractivity contribution in [3.63, 3.8) is 0 Å². The Morgan fingerprint density at radius 1 is 1.12 bits per heavy atom. The van der Waals surface area contributed by atoms with Gasteiger partial charge in [0.15, 0.2) is 0 Å². The number of benzene rings is 1. The molecular formula is C19H23FN4O2. The quantitative estimate of drug-likeness (QED) is 0.747. The van der Waals surface area contributed by atoms with Crippen molar-refractivity contribution < 1.29 is 13.9 Å². The van der Waals surface area contributed by atoms with Gasteiger partial charge < -0.3 is 20.3 Å². The molecule has 2 heterocycles. The predicted octanol–water partition coefficient (Wildman–Crippen LogP) is 2.70. The molecule has 1 fully saturated rings. The van der Waals surface area contributed by atoms with E-state index in [4.69, 9.17) is 4.74 Å². The van der Waals surface area contributed by atoms with Gasteiger partial charge in [-0.15, -0.1) is 0 Å². The van der Waals surface area contributed by atoms with Crippen molar-refractivity contribution in [2.75, 3.05) is 31.1 Å². The number of hydrogen-bond donors (Lipinski definition) is 2. The summed E-state index contributed by atoms with van der Waals surface area (Å²) < 4.78 is 18.2. The first-order valence-corrected chi connectivity index (χ1v) is 8.81. The van der Waals surface area contributed by atoms with E-state index in [1.165, 1.54) is 25.0 Å². The smallest absolute Gasteiger partial charge is 0.315 e. The minimum absolute atomic E-state index is 0.267. The molecule has 1 aliphatic heterocycles. The van der Waals surface area contributed by atoms with E-state index >= 15 is 0 Å². The minimum Gasteiger partial charge on any atom is -0.492 e. The van der Waals surface area contributed by atoms with Crippen LogP contribution in [0.2, 0.25) is 0 Å². The van der Waals surface area contributed by atoms with Crippen LogP contribution < -0.4 is 20.3 Å². The van der Waals surface area contributed by atoms with Gasteiger partial charge in [0.2, 0.25) is 0 Å². The zero-order valence-corrected chi connectivity index (χ0v) is 14.6. The van der Waals surface area contributed by atoms with Crippen LogP contribution in [-0.4, -0.2) is 37.3 Å². The summed E-state index contributed by atoms with van der Waals surface area (Å²) in [6, 6.07) is 9.48. The Labute approximate surface area is 152 Å². The van der Waals surface area contributed by atoms with Gasteiger partial charge in [-0.1, -0.05) is 6.07 Å². The lowest BCUT2D eigenvalue weighted by Crippen LogP contribution is -2.37. The number of anilines is 1. The molecule has 0 spiro atoms. The van der Waals surface area contributed by atoms with Gasteiger partial charge in [0, 0.05) is 25.8 Å².